The fourth-order valence-electron chi connectivity index (χ4n) is 3.08. The number of aromatic nitrogens is 4. The van der Waals surface area contributed by atoms with Crippen LogP contribution in [0.2, 0.25) is 0 Å². The number of thiophene rings is 1. The van der Waals surface area contributed by atoms with Gasteiger partial charge >= 0.3 is 6.01 Å². The number of nitrogens with one attached hydrogen (secondary N) is 1. The molecule has 1 N–H and O–H groups in total. The van der Waals surface area contributed by atoms with Crippen molar-refractivity contribution in [3.05, 3.63) is 64.9 Å². The Balaban J connectivity index is 1.65. The Morgan fingerprint density at radius 3 is 2.65 bits per heavy atom. The van der Waals surface area contributed by atoms with Crippen LogP contribution in [0.15, 0.2) is 53.5 Å². The van der Waals surface area contributed by atoms with Gasteiger partial charge in [-0.25, -0.2) is 19.3 Å². The number of ether oxygens (including phenoxy) is 2. The molecule has 0 radical (unpaired) electrons. The van der Waals surface area contributed by atoms with Gasteiger partial charge in [0, 0.05) is 24.5 Å². The monoisotopic (exact) mass is 437 g/mol. The number of halogens is 1. The second-order valence-corrected chi connectivity index (χ2v) is 7.33. The Bertz CT molecular complexity index is 1170. The van der Waals surface area contributed by atoms with E-state index in [9.17, 15) is 4.39 Å². The molecule has 0 saturated heterocycles. The summed E-state index contributed by atoms with van der Waals surface area (Å²) < 4.78 is 24.0. The van der Waals surface area contributed by atoms with Gasteiger partial charge in [0.2, 0.25) is 11.8 Å². The SMILES string of the molecule is COc1ncc(-c2nc(NCCc3cccc(F)c3)ncc2-c2ccsc2)c(OC)n1. The zero-order valence-electron chi connectivity index (χ0n) is 17.0. The van der Waals surface area contributed by atoms with Gasteiger partial charge in [0.15, 0.2) is 0 Å². The van der Waals surface area contributed by atoms with Crippen LogP contribution in [0.1, 0.15) is 5.56 Å². The van der Waals surface area contributed by atoms with Crippen molar-refractivity contribution in [3.8, 4) is 34.3 Å². The minimum Gasteiger partial charge on any atom is -0.480 e. The smallest absolute Gasteiger partial charge is 0.319 e. The van der Waals surface area contributed by atoms with E-state index in [-0.39, 0.29) is 11.8 Å². The highest BCUT2D eigenvalue weighted by atomic mass is 32.1. The van der Waals surface area contributed by atoms with Gasteiger partial charge in [0.1, 0.15) is 5.82 Å². The van der Waals surface area contributed by atoms with E-state index >= 15 is 0 Å². The van der Waals surface area contributed by atoms with Gasteiger partial charge in [-0.3, -0.25) is 0 Å². The largest absolute Gasteiger partial charge is 0.480 e. The van der Waals surface area contributed by atoms with Crippen LogP contribution in [-0.4, -0.2) is 40.7 Å². The summed E-state index contributed by atoms with van der Waals surface area (Å²) in [6, 6.07) is 8.75. The zero-order chi connectivity index (χ0) is 21.6. The van der Waals surface area contributed by atoms with Crippen LogP contribution in [0.3, 0.4) is 0 Å². The number of hydrogen-bond acceptors (Lipinski definition) is 8. The fourth-order valence-corrected chi connectivity index (χ4v) is 3.74. The molecule has 7 nitrogen and oxygen atoms in total. The Kier molecular flexibility index (Phi) is 6.32. The summed E-state index contributed by atoms with van der Waals surface area (Å²) in [6.45, 7) is 0.553. The quantitative estimate of drug-likeness (QED) is 0.435. The molecule has 3 heterocycles. The van der Waals surface area contributed by atoms with Gasteiger partial charge in [-0.05, 0) is 46.5 Å². The van der Waals surface area contributed by atoms with E-state index in [1.807, 2.05) is 22.9 Å². The summed E-state index contributed by atoms with van der Waals surface area (Å²) >= 11 is 1.59. The Morgan fingerprint density at radius 1 is 1.03 bits per heavy atom. The number of anilines is 1. The van der Waals surface area contributed by atoms with Crippen molar-refractivity contribution in [1.82, 2.24) is 19.9 Å². The summed E-state index contributed by atoms with van der Waals surface area (Å²) in [7, 11) is 3.03. The molecule has 0 spiro atoms. The molecular weight excluding hydrogens is 417 g/mol. The molecule has 158 valence electrons. The summed E-state index contributed by atoms with van der Waals surface area (Å²) in [4.78, 5) is 17.7. The highest BCUT2D eigenvalue weighted by molar-refractivity contribution is 7.08. The lowest BCUT2D eigenvalue weighted by molar-refractivity contribution is 0.353. The van der Waals surface area contributed by atoms with Crippen molar-refractivity contribution in [2.75, 3.05) is 26.1 Å². The van der Waals surface area contributed by atoms with E-state index in [0.29, 0.717) is 36.1 Å². The fraction of sp³-hybridized carbons (Fsp3) is 0.182. The zero-order valence-corrected chi connectivity index (χ0v) is 17.8. The predicted octanol–water partition coefficient (Wildman–Crippen LogP) is 4.47. The highest BCUT2D eigenvalue weighted by Gasteiger charge is 2.18. The van der Waals surface area contributed by atoms with Crippen LogP contribution < -0.4 is 14.8 Å². The number of methoxy groups -OCH3 is 2. The molecule has 4 aromatic rings. The minimum atomic E-state index is -0.247. The van der Waals surface area contributed by atoms with Gasteiger partial charge in [0.25, 0.3) is 0 Å². The van der Waals surface area contributed by atoms with Crippen molar-refractivity contribution in [2.45, 2.75) is 6.42 Å². The van der Waals surface area contributed by atoms with Crippen molar-refractivity contribution < 1.29 is 13.9 Å². The molecule has 0 fully saturated rings. The molecular formula is C22H20FN5O2S. The maximum Gasteiger partial charge on any atom is 0.319 e. The van der Waals surface area contributed by atoms with E-state index in [1.54, 1.807) is 29.8 Å². The van der Waals surface area contributed by atoms with Crippen LogP contribution in [0.5, 0.6) is 11.9 Å². The Hall–Kier alpha value is -3.59. The summed E-state index contributed by atoms with van der Waals surface area (Å²) in [5.74, 6) is 0.554. The maximum absolute atomic E-state index is 13.4. The number of hydrogen-bond donors (Lipinski definition) is 1. The summed E-state index contributed by atoms with van der Waals surface area (Å²) in [5.41, 5.74) is 3.99. The van der Waals surface area contributed by atoms with E-state index < -0.39 is 0 Å². The van der Waals surface area contributed by atoms with E-state index in [0.717, 1.165) is 16.7 Å². The summed E-state index contributed by atoms with van der Waals surface area (Å²) in [6.07, 6.45) is 4.02. The molecule has 0 unspecified atom stereocenters. The van der Waals surface area contributed by atoms with E-state index in [1.165, 1.54) is 26.4 Å². The third-order valence-corrected chi connectivity index (χ3v) is 5.25. The first-order chi connectivity index (χ1) is 15.2. The van der Waals surface area contributed by atoms with Crippen LogP contribution in [0, 0.1) is 5.82 Å². The minimum absolute atomic E-state index is 0.209. The van der Waals surface area contributed by atoms with Gasteiger partial charge in [-0.2, -0.15) is 16.3 Å². The van der Waals surface area contributed by atoms with Crippen LogP contribution >= 0.6 is 11.3 Å². The second-order valence-electron chi connectivity index (χ2n) is 6.55. The van der Waals surface area contributed by atoms with Gasteiger partial charge < -0.3 is 14.8 Å². The first kappa shape index (κ1) is 20.7. The lowest BCUT2D eigenvalue weighted by atomic mass is 10.1. The molecule has 4 rings (SSSR count). The van der Waals surface area contributed by atoms with E-state index in [4.69, 9.17) is 14.5 Å². The first-order valence-electron chi connectivity index (χ1n) is 9.51. The molecule has 1 aromatic carbocycles. The predicted molar refractivity (Wildman–Crippen MR) is 118 cm³/mol. The van der Waals surface area contributed by atoms with Crippen LogP contribution in [0.25, 0.3) is 22.4 Å². The second kappa shape index (κ2) is 9.48. The average molecular weight is 438 g/mol. The molecule has 0 amide bonds. The van der Waals surface area contributed by atoms with Gasteiger partial charge in [0.05, 0.1) is 25.5 Å². The number of benzene rings is 1. The molecule has 0 aliphatic rings. The molecule has 0 aliphatic heterocycles. The Morgan fingerprint density at radius 2 is 1.90 bits per heavy atom. The third kappa shape index (κ3) is 4.77. The molecule has 0 saturated carbocycles. The molecule has 0 atom stereocenters. The topological polar surface area (TPSA) is 82.1 Å². The Labute approximate surface area is 183 Å². The maximum atomic E-state index is 13.4. The lowest BCUT2D eigenvalue weighted by Crippen LogP contribution is -2.09. The first-order valence-corrected chi connectivity index (χ1v) is 10.5. The molecule has 9 heteroatoms. The van der Waals surface area contributed by atoms with Crippen molar-refractivity contribution in [1.29, 1.82) is 0 Å². The van der Waals surface area contributed by atoms with Gasteiger partial charge in [-0.15, -0.1) is 0 Å². The average Bonchev–Trinajstić information content (AvgIpc) is 3.33. The van der Waals surface area contributed by atoms with Crippen molar-refractivity contribution >= 4 is 17.3 Å². The molecule has 3 aromatic heterocycles. The number of nitrogens with zero attached hydrogens (tertiary/aromatic N) is 4. The van der Waals surface area contributed by atoms with E-state index in [2.05, 4.69) is 20.3 Å². The van der Waals surface area contributed by atoms with Gasteiger partial charge in [-0.1, -0.05) is 12.1 Å². The van der Waals surface area contributed by atoms with Crippen LogP contribution in [-0.2, 0) is 6.42 Å². The van der Waals surface area contributed by atoms with Crippen LogP contribution in [0.4, 0.5) is 10.3 Å². The molecule has 0 bridgehead atoms. The highest BCUT2D eigenvalue weighted by Crippen LogP contribution is 2.36. The lowest BCUT2D eigenvalue weighted by Gasteiger charge is -2.13. The normalized spacial score (nSPS) is 10.7. The molecule has 0 aliphatic carbocycles. The molecule has 31 heavy (non-hydrogen) atoms. The third-order valence-electron chi connectivity index (χ3n) is 4.57. The van der Waals surface area contributed by atoms with Crippen molar-refractivity contribution in [3.63, 3.8) is 0 Å². The van der Waals surface area contributed by atoms with Crippen molar-refractivity contribution in [2.24, 2.45) is 0 Å². The standard InChI is InChI=1S/C22H20FN5O2S/c1-29-20-18(12-26-22(28-20)30-2)19-17(15-7-9-31-13-15)11-25-21(27-19)24-8-6-14-4-3-5-16(23)10-14/h3-5,7,9-13H,6,8H2,1-2H3,(H,24,25,27). The number of rotatable bonds is 8. The summed E-state index contributed by atoms with van der Waals surface area (Å²) in [5, 5.41) is 7.22.